The monoisotopic (exact) mass is 651 g/mol. The second kappa shape index (κ2) is 38.4. The number of carboxylic acids is 1. The minimum absolute atomic E-state index is 0.0271. The van der Waals surface area contributed by atoms with Crippen LogP contribution in [0, 0.1) is 0 Å². The molecular formula is C42H82O4. The van der Waals surface area contributed by atoms with E-state index in [1.54, 1.807) is 0 Å². The molecule has 0 radical (unpaired) electrons. The number of hydrogen-bond acceptors (Lipinski definition) is 3. The molecule has 0 aliphatic heterocycles. The Hall–Kier alpha value is -1.06. The zero-order chi connectivity index (χ0) is 33.6. The van der Waals surface area contributed by atoms with Gasteiger partial charge in [0.25, 0.3) is 0 Å². The summed E-state index contributed by atoms with van der Waals surface area (Å²) < 4.78 is 5.88. The highest BCUT2D eigenvalue weighted by atomic mass is 16.5. The highest BCUT2D eigenvalue weighted by Crippen LogP contribution is 2.18. The highest BCUT2D eigenvalue weighted by molar-refractivity contribution is 5.69. The van der Waals surface area contributed by atoms with Crippen LogP contribution in [0.1, 0.15) is 251 Å². The van der Waals surface area contributed by atoms with Crippen molar-refractivity contribution < 1.29 is 19.4 Å². The quantitative estimate of drug-likeness (QED) is 0.0531. The minimum Gasteiger partial charge on any atom is -0.481 e. The van der Waals surface area contributed by atoms with Gasteiger partial charge in [-0.25, -0.2) is 0 Å². The predicted octanol–water partition coefficient (Wildman–Crippen LogP) is 14.5. The molecule has 0 aromatic rings. The minimum atomic E-state index is -0.671. The van der Waals surface area contributed by atoms with Crippen molar-refractivity contribution >= 4 is 11.9 Å². The van der Waals surface area contributed by atoms with Crippen molar-refractivity contribution in [3.63, 3.8) is 0 Å². The lowest BCUT2D eigenvalue weighted by atomic mass is 10.0. The predicted molar refractivity (Wildman–Crippen MR) is 200 cm³/mol. The summed E-state index contributed by atoms with van der Waals surface area (Å²) in [4.78, 5) is 23.0. The molecule has 0 aromatic carbocycles. The Balaban J connectivity index is 3.44. The van der Waals surface area contributed by atoms with Crippen LogP contribution in [0.3, 0.4) is 0 Å². The van der Waals surface area contributed by atoms with Crippen LogP contribution in [0.25, 0.3) is 0 Å². The van der Waals surface area contributed by atoms with Crippen LogP contribution >= 0.6 is 0 Å². The van der Waals surface area contributed by atoms with Crippen molar-refractivity contribution in [2.24, 2.45) is 0 Å². The lowest BCUT2D eigenvalue weighted by molar-refractivity contribution is -0.150. The molecule has 4 heteroatoms. The first kappa shape index (κ1) is 44.9. The molecule has 46 heavy (non-hydrogen) atoms. The van der Waals surface area contributed by atoms with Gasteiger partial charge >= 0.3 is 11.9 Å². The average Bonchev–Trinajstić information content (AvgIpc) is 3.03. The van der Waals surface area contributed by atoms with Gasteiger partial charge in [0.2, 0.25) is 0 Å². The zero-order valence-electron chi connectivity index (χ0n) is 31.4. The van der Waals surface area contributed by atoms with Crippen LogP contribution < -0.4 is 0 Å². The lowest BCUT2D eigenvalue weighted by Gasteiger charge is -2.17. The fourth-order valence-electron chi connectivity index (χ4n) is 6.77. The van der Waals surface area contributed by atoms with Crippen LogP contribution in [0.5, 0.6) is 0 Å². The van der Waals surface area contributed by atoms with Crippen molar-refractivity contribution in [3.05, 3.63) is 0 Å². The fourth-order valence-corrected chi connectivity index (χ4v) is 6.77. The first-order valence-corrected chi connectivity index (χ1v) is 21.0. The first-order chi connectivity index (χ1) is 22.6. The molecule has 0 heterocycles. The van der Waals surface area contributed by atoms with Gasteiger partial charge in [-0.15, -0.1) is 0 Å². The molecule has 1 N–H and O–H groups in total. The maximum absolute atomic E-state index is 12.4. The molecule has 0 fully saturated rings. The van der Waals surface area contributed by atoms with Gasteiger partial charge in [0.15, 0.2) is 0 Å². The Kier molecular flexibility index (Phi) is 37.5. The summed E-state index contributed by atoms with van der Waals surface area (Å²) in [5.74, 6) is -0.644. The third-order valence-electron chi connectivity index (χ3n) is 9.81. The summed E-state index contributed by atoms with van der Waals surface area (Å²) in [5.41, 5.74) is 0. The van der Waals surface area contributed by atoms with Gasteiger partial charge in [-0.3, -0.25) is 9.59 Å². The SMILES string of the molecule is CCCCCCCCCCCCCCCCCCCCCCCC(=O)OC(CCC)CCCCCCCCCCCCCC(=O)O. The van der Waals surface area contributed by atoms with Gasteiger partial charge in [-0.2, -0.15) is 0 Å². The van der Waals surface area contributed by atoms with E-state index in [2.05, 4.69) is 13.8 Å². The van der Waals surface area contributed by atoms with Crippen LogP contribution in [-0.4, -0.2) is 23.1 Å². The number of hydrogen-bond donors (Lipinski definition) is 1. The van der Waals surface area contributed by atoms with Gasteiger partial charge < -0.3 is 9.84 Å². The Morgan fingerprint density at radius 1 is 0.391 bits per heavy atom. The van der Waals surface area contributed by atoms with E-state index in [1.807, 2.05) is 0 Å². The summed E-state index contributed by atoms with van der Waals surface area (Å²) in [5, 5.41) is 8.67. The standard InChI is InChI=1S/C42H82O4/c1-3-5-6-7-8-9-10-11-12-13-14-15-16-17-18-19-23-26-29-32-35-39-42(45)46-40(36-4-2)37-33-30-27-24-21-20-22-25-28-31-34-38-41(43)44/h40H,3-39H2,1-2H3,(H,43,44). The lowest BCUT2D eigenvalue weighted by Crippen LogP contribution is -2.18. The van der Waals surface area contributed by atoms with E-state index in [0.717, 1.165) is 44.9 Å². The summed E-state index contributed by atoms with van der Waals surface area (Å²) in [6, 6.07) is 0. The molecule has 4 nitrogen and oxygen atoms in total. The molecule has 274 valence electrons. The second-order valence-electron chi connectivity index (χ2n) is 14.5. The van der Waals surface area contributed by atoms with E-state index in [0.29, 0.717) is 12.8 Å². The van der Waals surface area contributed by atoms with Crippen molar-refractivity contribution in [3.8, 4) is 0 Å². The second-order valence-corrected chi connectivity index (χ2v) is 14.5. The molecule has 0 aromatic heterocycles. The molecular weight excluding hydrogens is 568 g/mol. The molecule has 0 saturated carbocycles. The molecule has 0 amide bonds. The molecule has 0 spiro atoms. The number of carbonyl (C=O) groups excluding carboxylic acids is 1. The largest absolute Gasteiger partial charge is 0.481 e. The summed E-state index contributed by atoms with van der Waals surface area (Å²) in [6.07, 6.45) is 46.3. The summed E-state index contributed by atoms with van der Waals surface area (Å²) in [6.45, 7) is 4.48. The summed E-state index contributed by atoms with van der Waals surface area (Å²) in [7, 11) is 0. The number of carbonyl (C=O) groups is 2. The van der Waals surface area contributed by atoms with Gasteiger partial charge in [-0.1, -0.05) is 206 Å². The third-order valence-corrected chi connectivity index (χ3v) is 9.81. The van der Waals surface area contributed by atoms with Gasteiger partial charge in [0.1, 0.15) is 6.10 Å². The molecule has 0 aliphatic rings. The van der Waals surface area contributed by atoms with Gasteiger partial charge in [0, 0.05) is 12.8 Å². The maximum atomic E-state index is 12.4. The van der Waals surface area contributed by atoms with Crippen molar-refractivity contribution in [1.29, 1.82) is 0 Å². The molecule has 1 atom stereocenters. The molecule has 1 unspecified atom stereocenters. The molecule has 0 rings (SSSR count). The topological polar surface area (TPSA) is 63.6 Å². The van der Waals surface area contributed by atoms with Crippen LogP contribution in [-0.2, 0) is 14.3 Å². The van der Waals surface area contributed by atoms with E-state index >= 15 is 0 Å². The molecule has 0 saturated heterocycles. The van der Waals surface area contributed by atoms with Gasteiger partial charge in [0.05, 0.1) is 0 Å². The number of esters is 1. The zero-order valence-corrected chi connectivity index (χ0v) is 31.4. The highest BCUT2D eigenvalue weighted by Gasteiger charge is 2.13. The number of aliphatic carboxylic acids is 1. The van der Waals surface area contributed by atoms with E-state index in [4.69, 9.17) is 9.84 Å². The maximum Gasteiger partial charge on any atom is 0.306 e. The Labute approximate surface area is 288 Å². The van der Waals surface area contributed by atoms with Crippen LogP contribution in [0.2, 0.25) is 0 Å². The van der Waals surface area contributed by atoms with Gasteiger partial charge in [-0.05, 0) is 32.1 Å². The Morgan fingerprint density at radius 2 is 0.696 bits per heavy atom. The normalized spacial score (nSPS) is 12.0. The fraction of sp³-hybridized carbons (Fsp3) is 0.952. The van der Waals surface area contributed by atoms with Crippen LogP contribution in [0.4, 0.5) is 0 Å². The summed E-state index contributed by atoms with van der Waals surface area (Å²) >= 11 is 0. The number of carboxylic acid groups (broad SMARTS) is 1. The molecule has 0 bridgehead atoms. The van der Waals surface area contributed by atoms with Crippen LogP contribution in [0.15, 0.2) is 0 Å². The average molecular weight is 651 g/mol. The van der Waals surface area contributed by atoms with Crippen molar-refractivity contribution in [1.82, 2.24) is 0 Å². The van der Waals surface area contributed by atoms with E-state index in [1.165, 1.54) is 180 Å². The number of unbranched alkanes of at least 4 members (excludes halogenated alkanes) is 30. The Morgan fingerprint density at radius 3 is 1.02 bits per heavy atom. The third kappa shape index (κ3) is 37.4. The van der Waals surface area contributed by atoms with Crippen molar-refractivity contribution in [2.75, 3.05) is 0 Å². The number of rotatable bonds is 39. The van der Waals surface area contributed by atoms with E-state index < -0.39 is 5.97 Å². The first-order valence-electron chi connectivity index (χ1n) is 21.0. The van der Waals surface area contributed by atoms with Crippen molar-refractivity contribution in [2.45, 2.75) is 258 Å². The smallest absolute Gasteiger partial charge is 0.306 e. The number of ether oxygens (including phenoxy) is 1. The molecule has 0 aliphatic carbocycles. The van der Waals surface area contributed by atoms with E-state index in [-0.39, 0.29) is 12.1 Å². The Bertz CT molecular complexity index is 619. The van der Waals surface area contributed by atoms with E-state index in [9.17, 15) is 9.59 Å².